The Balaban J connectivity index is 2.51. The van der Waals surface area contributed by atoms with Crippen LogP contribution in [0.25, 0.3) is 0 Å². The number of imide groups is 1. The number of nitrogens with one attached hydrogen (secondary N) is 2. The number of aliphatic hydroxyl groups is 1. The minimum absolute atomic E-state index is 0.0453. The van der Waals surface area contributed by atoms with E-state index in [1.165, 1.54) is 0 Å². The van der Waals surface area contributed by atoms with Gasteiger partial charge in [0.1, 0.15) is 5.60 Å². The summed E-state index contributed by atoms with van der Waals surface area (Å²) in [5.74, 6) is -0.592. The molecular weight excluding hydrogens is 314 g/mol. The van der Waals surface area contributed by atoms with Crippen LogP contribution in [0, 0.1) is 0 Å². The maximum atomic E-state index is 12.0. The molecule has 1 rings (SSSR count). The van der Waals surface area contributed by atoms with Gasteiger partial charge in [0.05, 0.1) is 12.6 Å². The number of piperidine rings is 1. The Labute approximate surface area is 142 Å². The molecule has 0 aromatic carbocycles. The van der Waals surface area contributed by atoms with E-state index in [0.717, 1.165) is 0 Å². The third-order valence-electron chi connectivity index (χ3n) is 3.77. The molecule has 1 aliphatic rings. The molecule has 0 aromatic rings. The van der Waals surface area contributed by atoms with Crippen molar-refractivity contribution >= 4 is 17.9 Å². The number of amides is 3. The number of hydrogen-bond donors (Lipinski definition) is 3. The molecule has 1 fully saturated rings. The molecule has 0 saturated carbocycles. The van der Waals surface area contributed by atoms with Crippen molar-refractivity contribution in [2.24, 2.45) is 0 Å². The molecule has 138 valence electrons. The first-order valence-electron chi connectivity index (χ1n) is 8.31. The average Bonchev–Trinajstić information content (AvgIpc) is 2.43. The van der Waals surface area contributed by atoms with Gasteiger partial charge in [0.15, 0.2) is 0 Å². The number of alkyl carbamates (subject to hydrolysis) is 1. The van der Waals surface area contributed by atoms with Crippen LogP contribution in [-0.2, 0) is 14.3 Å². The summed E-state index contributed by atoms with van der Waals surface area (Å²) in [6, 6.07) is -0.484. The molecule has 3 amide bonds. The van der Waals surface area contributed by atoms with Gasteiger partial charge in [0, 0.05) is 25.6 Å². The number of nitrogens with zero attached hydrogens (tertiary/aromatic N) is 1. The lowest BCUT2D eigenvalue weighted by Crippen LogP contribution is -2.56. The van der Waals surface area contributed by atoms with Crippen LogP contribution in [0.1, 0.15) is 47.0 Å². The largest absolute Gasteiger partial charge is 0.444 e. The van der Waals surface area contributed by atoms with Gasteiger partial charge in [-0.1, -0.05) is 0 Å². The molecule has 0 aliphatic carbocycles. The topological polar surface area (TPSA) is 108 Å². The molecule has 24 heavy (non-hydrogen) atoms. The zero-order valence-corrected chi connectivity index (χ0v) is 14.9. The first-order chi connectivity index (χ1) is 11.1. The predicted molar refractivity (Wildman–Crippen MR) is 88.3 cm³/mol. The normalized spacial score (nSPS) is 19.8. The molecule has 2 atom stereocenters. The molecule has 8 nitrogen and oxygen atoms in total. The van der Waals surface area contributed by atoms with Gasteiger partial charge in [-0.25, -0.2) is 4.79 Å². The summed E-state index contributed by atoms with van der Waals surface area (Å²) in [5.41, 5.74) is -0.550. The van der Waals surface area contributed by atoms with E-state index in [-0.39, 0.29) is 24.5 Å². The van der Waals surface area contributed by atoms with Crippen molar-refractivity contribution in [3.8, 4) is 0 Å². The highest BCUT2D eigenvalue weighted by atomic mass is 16.6. The average molecular weight is 343 g/mol. The molecule has 0 aromatic heterocycles. The molecule has 3 N–H and O–H groups in total. The lowest BCUT2D eigenvalue weighted by Gasteiger charge is -2.36. The molecule has 1 aliphatic heterocycles. The Morgan fingerprint density at radius 2 is 2.12 bits per heavy atom. The Hall–Kier alpha value is -1.67. The number of ether oxygens (including phenoxy) is 1. The van der Waals surface area contributed by atoms with E-state index in [2.05, 4.69) is 10.6 Å². The lowest BCUT2D eigenvalue weighted by molar-refractivity contribution is -0.138. The number of hydrogen-bond acceptors (Lipinski definition) is 6. The van der Waals surface area contributed by atoms with Crippen molar-refractivity contribution in [2.75, 3.05) is 19.7 Å². The van der Waals surface area contributed by atoms with Crippen LogP contribution in [0.15, 0.2) is 0 Å². The van der Waals surface area contributed by atoms with Gasteiger partial charge in [-0.15, -0.1) is 0 Å². The molecule has 2 unspecified atom stereocenters. The van der Waals surface area contributed by atoms with E-state index in [4.69, 9.17) is 4.74 Å². The molecule has 8 heteroatoms. The van der Waals surface area contributed by atoms with Crippen LogP contribution in [0.3, 0.4) is 0 Å². The van der Waals surface area contributed by atoms with Gasteiger partial charge in [0.2, 0.25) is 11.8 Å². The van der Waals surface area contributed by atoms with Gasteiger partial charge >= 0.3 is 6.09 Å². The summed E-state index contributed by atoms with van der Waals surface area (Å²) < 4.78 is 5.17. The van der Waals surface area contributed by atoms with Gasteiger partial charge in [-0.3, -0.25) is 19.8 Å². The Kier molecular flexibility index (Phi) is 7.62. The van der Waals surface area contributed by atoms with Crippen molar-refractivity contribution in [1.82, 2.24) is 15.5 Å². The summed E-state index contributed by atoms with van der Waals surface area (Å²) in [6.45, 7) is 7.95. The van der Waals surface area contributed by atoms with Gasteiger partial charge in [0.25, 0.3) is 0 Å². The summed E-state index contributed by atoms with van der Waals surface area (Å²) in [7, 11) is 0. The summed E-state index contributed by atoms with van der Waals surface area (Å²) in [6.07, 6.45) is 0.844. The minimum atomic E-state index is -0.550. The van der Waals surface area contributed by atoms with E-state index >= 15 is 0 Å². The number of carbonyl (C=O) groups is 3. The fraction of sp³-hybridized carbons (Fsp3) is 0.812. The first kappa shape index (κ1) is 20.4. The van der Waals surface area contributed by atoms with Crippen molar-refractivity contribution in [1.29, 1.82) is 0 Å². The highest BCUT2D eigenvalue weighted by Gasteiger charge is 2.33. The second-order valence-electron chi connectivity index (χ2n) is 6.99. The van der Waals surface area contributed by atoms with Crippen LogP contribution in [0.5, 0.6) is 0 Å². The highest BCUT2D eigenvalue weighted by Crippen LogP contribution is 2.16. The van der Waals surface area contributed by atoms with Crippen LogP contribution in [-0.4, -0.2) is 65.3 Å². The van der Waals surface area contributed by atoms with Crippen molar-refractivity contribution in [3.05, 3.63) is 0 Å². The van der Waals surface area contributed by atoms with Crippen molar-refractivity contribution < 1.29 is 24.2 Å². The van der Waals surface area contributed by atoms with E-state index in [9.17, 15) is 19.5 Å². The smallest absolute Gasteiger partial charge is 0.407 e. The number of carbonyl (C=O) groups excluding carboxylic acids is 3. The third kappa shape index (κ3) is 6.84. The van der Waals surface area contributed by atoms with Gasteiger partial charge in [-0.05, 0) is 40.5 Å². The monoisotopic (exact) mass is 343 g/mol. The number of rotatable bonds is 7. The summed E-state index contributed by atoms with van der Waals surface area (Å²) >= 11 is 0. The van der Waals surface area contributed by atoms with Crippen LogP contribution >= 0.6 is 0 Å². The van der Waals surface area contributed by atoms with Gasteiger partial charge < -0.3 is 15.2 Å². The van der Waals surface area contributed by atoms with E-state index < -0.39 is 17.7 Å². The Morgan fingerprint density at radius 3 is 2.67 bits per heavy atom. The van der Waals surface area contributed by atoms with Crippen LogP contribution in [0.2, 0.25) is 0 Å². The fourth-order valence-electron chi connectivity index (χ4n) is 2.66. The molecule has 1 saturated heterocycles. The minimum Gasteiger partial charge on any atom is -0.444 e. The predicted octanol–water partition coefficient (Wildman–Crippen LogP) is 0.389. The zero-order valence-electron chi connectivity index (χ0n) is 14.9. The van der Waals surface area contributed by atoms with Crippen molar-refractivity contribution in [2.45, 2.75) is 64.6 Å². The molecule has 0 bridgehead atoms. The summed E-state index contributed by atoms with van der Waals surface area (Å²) in [5, 5.41) is 14.3. The Morgan fingerprint density at radius 1 is 1.46 bits per heavy atom. The zero-order chi connectivity index (χ0) is 18.3. The van der Waals surface area contributed by atoms with Crippen LogP contribution in [0.4, 0.5) is 4.79 Å². The maximum absolute atomic E-state index is 12.0. The Bertz CT molecular complexity index is 461. The second kappa shape index (κ2) is 8.98. The van der Waals surface area contributed by atoms with Crippen molar-refractivity contribution in [3.63, 3.8) is 0 Å². The lowest BCUT2D eigenvalue weighted by atomic mass is 10.0. The standard InChI is InChI=1S/C16H29N3O5/c1-11(7-8-17-15(23)24-16(2,3)4)19(9-10-20)12-5-6-13(21)18-14(12)22/h11-12,20H,5-10H2,1-4H3,(H,17,23)(H,18,21,22). The van der Waals surface area contributed by atoms with Gasteiger partial charge in [-0.2, -0.15) is 0 Å². The first-order valence-corrected chi connectivity index (χ1v) is 8.31. The molecule has 0 radical (unpaired) electrons. The highest BCUT2D eigenvalue weighted by molar-refractivity contribution is 6.00. The molecule has 0 spiro atoms. The maximum Gasteiger partial charge on any atom is 0.407 e. The van der Waals surface area contributed by atoms with E-state index in [1.807, 2.05) is 11.8 Å². The fourth-order valence-corrected chi connectivity index (χ4v) is 2.66. The molecular formula is C16H29N3O5. The number of aliphatic hydroxyl groups excluding tert-OH is 1. The SMILES string of the molecule is CC(CCNC(=O)OC(C)(C)C)N(CCO)C1CCC(=O)NC1=O. The van der Waals surface area contributed by atoms with E-state index in [0.29, 0.717) is 32.4 Å². The molecule has 1 heterocycles. The third-order valence-corrected chi connectivity index (χ3v) is 3.77. The second-order valence-corrected chi connectivity index (χ2v) is 6.99. The van der Waals surface area contributed by atoms with E-state index in [1.54, 1.807) is 20.8 Å². The van der Waals surface area contributed by atoms with Crippen LogP contribution < -0.4 is 10.6 Å². The quantitative estimate of drug-likeness (QED) is 0.577. The summed E-state index contributed by atoms with van der Waals surface area (Å²) in [4.78, 5) is 36.8.